The van der Waals surface area contributed by atoms with Gasteiger partial charge in [0.15, 0.2) is 0 Å². The molecule has 3 rings (SSSR count). The van der Waals surface area contributed by atoms with Crippen molar-refractivity contribution in [1.82, 2.24) is 0 Å². The maximum atomic E-state index is 12.2. The molecule has 1 heterocycles. The molecule has 1 N–H and O–H groups in total. The summed E-state index contributed by atoms with van der Waals surface area (Å²) in [6.07, 6.45) is -0.714. The highest BCUT2D eigenvalue weighted by molar-refractivity contribution is 5.94. The van der Waals surface area contributed by atoms with Crippen molar-refractivity contribution >= 4 is 11.6 Å². The SMILES string of the molecule is CCOc1ccc(NC(=O)C2N=c3ccccc3=N2)cc1. The number of carbonyl (C=O) groups is 1. The molecule has 0 saturated heterocycles. The van der Waals surface area contributed by atoms with E-state index in [9.17, 15) is 4.79 Å². The van der Waals surface area contributed by atoms with Crippen LogP contribution in [0.25, 0.3) is 0 Å². The average Bonchev–Trinajstić information content (AvgIpc) is 2.94. The highest BCUT2D eigenvalue weighted by Gasteiger charge is 2.18. The third-order valence-corrected chi connectivity index (χ3v) is 3.07. The summed E-state index contributed by atoms with van der Waals surface area (Å²) in [6.45, 7) is 2.54. The maximum absolute atomic E-state index is 12.2. The fourth-order valence-corrected chi connectivity index (χ4v) is 2.10. The van der Waals surface area contributed by atoms with Crippen molar-refractivity contribution in [2.45, 2.75) is 13.1 Å². The van der Waals surface area contributed by atoms with Crippen LogP contribution in [0.4, 0.5) is 5.69 Å². The molecule has 106 valence electrons. The number of rotatable bonds is 4. The number of benzene rings is 2. The van der Waals surface area contributed by atoms with Gasteiger partial charge >= 0.3 is 0 Å². The van der Waals surface area contributed by atoms with E-state index in [4.69, 9.17) is 4.74 Å². The molecule has 0 spiro atoms. The second-order valence-electron chi connectivity index (χ2n) is 4.57. The van der Waals surface area contributed by atoms with Gasteiger partial charge < -0.3 is 10.1 Å². The van der Waals surface area contributed by atoms with Crippen LogP contribution in [-0.2, 0) is 4.79 Å². The van der Waals surface area contributed by atoms with Crippen LogP contribution in [0.2, 0.25) is 0 Å². The normalized spacial score (nSPS) is 13.0. The zero-order valence-corrected chi connectivity index (χ0v) is 11.6. The van der Waals surface area contributed by atoms with Gasteiger partial charge in [-0.15, -0.1) is 0 Å². The summed E-state index contributed by atoms with van der Waals surface area (Å²) in [5.41, 5.74) is 0.699. The molecule has 0 atom stereocenters. The van der Waals surface area contributed by atoms with Gasteiger partial charge in [0.05, 0.1) is 17.3 Å². The molecule has 21 heavy (non-hydrogen) atoms. The van der Waals surface area contributed by atoms with Gasteiger partial charge in [-0.2, -0.15) is 0 Å². The van der Waals surface area contributed by atoms with Crippen molar-refractivity contribution in [3.63, 3.8) is 0 Å². The molecule has 0 unspecified atom stereocenters. The Hall–Kier alpha value is -2.69. The van der Waals surface area contributed by atoms with Gasteiger partial charge in [-0.3, -0.25) is 4.79 Å². The Balaban J connectivity index is 1.71. The highest BCUT2D eigenvalue weighted by Crippen LogP contribution is 2.16. The van der Waals surface area contributed by atoms with Crippen molar-refractivity contribution in [2.24, 2.45) is 9.98 Å². The van der Waals surface area contributed by atoms with E-state index in [-0.39, 0.29) is 5.91 Å². The van der Waals surface area contributed by atoms with E-state index in [0.717, 1.165) is 16.5 Å². The standard InChI is InChI=1S/C16H15N3O2/c1-2-21-12-9-7-11(8-10-12)17-16(20)15-18-13-5-3-4-6-14(13)19-15/h3-10,15H,2H2,1H3,(H,17,20). The third kappa shape index (κ3) is 2.91. The number of hydrogen-bond acceptors (Lipinski definition) is 4. The van der Waals surface area contributed by atoms with E-state index >= 15 is 0 Å². The van der Waals surface area contributed by atoms with E-state index < -0.39 is 6.17 Å². The largest absolute Gasteiger partial charge is 0.494 e. The van der Waals surface area contributed by atoms with E-state index in [0.29, 0.717) is 12.3 Å². The molecule has 1 aliphatic rings. The van der Waals surface area contributed by atoms with Crippen LogP contribution in [0, 0.1) is 0 Å². The van der Waals surface area contributed by atoms with Crippen LogP contribution in [0.15, 0.2) is 58.5 Å². The molecule has 2 aromatic carbocycles. The number of ether oxygens (including phenoxy) is 1. The number of nitrogens with zero attached hydrogens (tertiary/aromatic N) is 2. The van der Waals surface area contributed by atoms with Crippen molar-refractivity contribution in [3.05, 3.63) is 59.2 Å². The summed E-state index contributed by atoms with van der Waals surface area (Å²) >= 11 is 0. The van der Waals surface area contributed by atoms with Crippen molar-refractivity contribution in [2.75, 3.05) is 11.9 Å². The Labute approximate surface area is 122 Å². The summed E-state index contributed by atoms with van der Waals surface area (Å²) in [5, 5.41) is 4.31. The van der Waals surface area contributed by atoms with Crippen molar-refractivity contribution < 1.29 is 9.53 Å². The average molecular weight is 281 g/mol. The number of anilines is 1. The fourth-order valence-electron chi connectivity index (χ4n) is 2.10. The lowest BCUT2D eigenvalue weighted by Crippen LogP contribution is -2.24. The van der Waals surface area contributed by atoms with Gasteiger partial charge in [-0.25, -0.2) is 9.98 Å². The number of amides is 1. The van der Waals surface area contributed by atoms with Crippen LogP contribution in [0.3, 0.4) is 0 Å². The number of carbonyl (C=O) groups excluding carboxylic acids is 1. The monoisotopic (exact) mass is 281 g/mol. The lowest BCUT2D eigenvalue weighted by molar-refractivity contribution is -0.117. The van der Waals surface area contributed by atoms with Crippen LogP contribution < -0.4 is 20.8 Å². The van der Waals surface area contributed by atoms with Gasteiger partial charge in [0.1, 0.15) is 5.75 Å². The van der Waals surface area contributed by atoms with Gasteiger partial charge in [0.25, 0.3) is 5.91 Å². The minimum Gasteiger partial charge on any atom is -0.494 e. The molecule has 5 nitrogen and oxygen atoms in total. The second kappa shape index (κ2) is 5.75. The molecule has 0 saturated carbocycles. The molecule has 1 amide bonds. The Bertz CT molecular complexity index is 734. The molecule has 0 radical (unpaired) electrons. The number of hydrogen-bond donors (Lipinski definition) is 1. The van der Waals surface area contributed by atoms with E-state index in [2.05, 4.69) is 15.3 Å². The number of para-hydroxylation sites is 2. The predicted octanol–water partition coefficient (Wildman–Crippen LogP) is 1.30. The van der Waals surface area contributed by atoms with Gasteiger partial charge in [0, 0.05) is 5.69 Å². The van der Waals surface area contributed by atoms with Crippen LogP contribution in [-0.4, -0.2) is 18.7 Å². The van der Waals surface area contributed by atoms with Crippen molar-refractivity contribution in [1.29, 1.82) is 0 Å². The Morgan fingerprint density at radius 2 is 1.71 bits per heavy atom. The summed E-state index contributed by atoms with van der Waals surface area (Å²) < 4.78 is 5.36. The van der Waals surface area contributed by atoms with Gasteiger partial charge in [0.2, 0.25) is 6.17 Å². The highest BCUT2D eigenvalue weighted by atomic mass is 16.5. The third-order valence-electron chi connectivity index (χ3n) is 3.07. The Morgan fingerprint density at radius 1 is 1.10 bits per heavy atom. The lowest BCUT2D eigenvalue weighted by atomic mass is 10.3. The topological polar surface area (TPSA) is 63.0 Å². The predicted molar refractivity (Wildman–Crippen MR) is 78.8 cm³/mol. The van der Waals surface area contributed by atoms with Gasteiger partial charge in [-0.05, 0) is 43.3 Å². The summed E-state index contributed by atoms with van der Waals surface area (Å²) in [7, 11) is 0. The quantitative estimate of drug-likeness (QED) is 0.918. The van der Waals surface area contributed by atoms with E-state index in [1.165, 1.54) is 0 Å². The lowest BCUT2D eigenvalue weighted by Gasteiger charge is -2.08. The molecule has 1 aliphatic heterocycles. The minimum atomic E-state index is -0.714. The molecular weight excluding hydrogens is 266 g/mol. The fraction of sp³-hybridized carbons (Fsp3) is 0.188. The molecule has 0 bridgehead atoms. The second-order valence-corrected chi connectivity index (χ2v) is 4.57. The Morgan fingerprint density at radius 3 is 2.29 bits per heavy atom. The van der Waals surface area contributed by atoms with E-state index in [1.54, 1.807) is 12.1 Å². The first-order valence-electron chi connectivity index (χ1n) is 6.81. The molecule has 0 aromatic heterocycles. The number of fused-ring (bicyclic) bond motifs is 1. The smallest absolute Gasteiger partial charge is 0.271 e. The molecule has 0 fully saturated rings. The summed E-state index contributed by atoms with van der Waals surface area (Å²) in [4.78, 5) is 20.7. The Kier molecular flexibility index (Phi) is 3.64. The van der Waals surface area contributed by atoms with Crippen LogP contribution in [0.1, 0.15) is 6.92 Å². The first kappa shape index (κ1) is 13.3. The van der Waals surface area contributed by atoms with E-state index in [1.807, 2.05) is 43.3 Å². The molecule has 2 aromatic rings. The number of nitrogens with one attached hydrogen (secondary N) is 1. The molecule has 0 aliphatic carbocycles. The first-order valence-corrected chi connectivity index (χ1v) is 6.81. The minimum absolute atomic E-state index is 0.240. The van der Waals surface area contributed by atoms with Crippen LogP contribution >= 0.6 is 0 Å². The molecule has 5 heteroatoms. The summed E-state index contributed by atoms with van der Waals surface area (Å²) in [5.74, 6) is 0.536. The zero-order chi connectivity index (χ0) is 14.7. The van der Waals surface area contributed by atoms with Crippen LogP contribution in [0.5, 0.6) is 5.75 Å². The summed E-state index contributed by atoms with van der Waals surface area (Å²) in [6, 6.07) is 14.7. The van der Waals surface area contributed by atoms with Crippen molar-refractivity contribution in [3.8, 4) is 5.75 Å². The first-order chi connectivity index (χ1) is 10.3. The van der Waals surface area contributed by atoms with Gasteiger partial charge in [-0.1, -0.05) is 12.1 Å². The zero-order valence-electron chi connectivity index (χ0n) is 11.6. The maximum Gasteiger partial charge on any atom is 0.271 e. The molecular formula is C16H15N3O2.